The molecule has 0 spiro atoms. The number of esters is 2. The Balaban J connectivity index is 1.27. The smallest absolute Gasteiger partial charge is 0.339 e. The molecule has 252 valence electrons. The van der Waals surface area contributed by atoms with Crippen LogP contribution in [-0.4, -0.2) is 35.7 Å². The van der Waals surface area contributed by atoms with Crippen LogP contribution in [0.1, 0.15) is 133 Å². The number of carboxylic acid groups (broad SMARTS) is 1. The average molecular weight is 633 g/mol. The van der Waals surface area contributed by atoms with E-state index in [1.165, 1.54) is 30.9 Å². The van der Waals surface area contributed by atoms with Crippen LogP contribution in [0.25, 0.3) is 0 Å². The summed E-state index contributed by atoms with van der Waals surface area (Å²) in [5.74, 6) is 0.747. The number of carbonyl (C=O) groups excluding carboxylic acids is 2. The SMILES string of the molecule is C=C(C)[C@@H]1CC[C@]2(COC(C)=O)CC[C@]3(C)[C@H](CC[C@@H]4[C@@]5(C)CC[C@H](OC(=O)c6ccccc6C(=O)O)C(C)(C)[C@H]5CC[C@]43C)[C@@H]12. The minimum atomic E-state index is -1.11. The van der Waals surface area contributed by atoms with E-state index in [4.69, 9.17) is 9.47 Å². The standard InChI is InChI=1S/C40H56O6/c1-24(2)26-15-20-40(23-45-25(3)41)22-21-38(7)29(33(26)40)13-14-31-37(6)18-17-32(36(4,5)30(37)16-19-39(31,38)8)46-35(44)28-12-10-9-11-27(28)34(42)43/h9-12,26,29-33H,1,13-23H2,2-8H3,(H,42,43)/t26-,29+,30+,31+,32-,33+,37-,38+,39+,40+/m0/s1. The maximum absolute atomic E-state index is 13.4. The summed E-state index contributed by atoms with van der Waals surface area (Å²) in [6.45, 7) is 21.1. The van der Waals surface area contributed by atoms with Crippen molar-refractivity contribution >= 4 is 17.9 Å². The fraction of sp³-hybridized carbons (Fsp3) is 0.725. The second-order valence-electron chi connectivity index (χ2n) is 17.4. The number of carbonyl (C=O) groups is 3. The molecular formula is C40H56O6. The van der Waals surface area contributed by atoms with Gasteiger partial charge >= 0.3 is 17.9 Å². The Morgan fingerprint density at radius 1 is 0.826 bits per heavy atom. The van der Waals surface area contributed by atoms with Gasteiger partial charge in [-0.15, -0.1) is 0 Å². The topological polar surface area (TPSA) is 89.9 Å². The van der Waals surface area contributed by atoms with E-state index in [9.17, 15) is 19.5 Å². The third kappa shape index (κ3) is 4.73. The predicted octanol–water partition coefficient (Wildman–Crippen LogP) is 9.13. The van der Waals surface area contributed by atoms with E-state index in [0.717, 1.165) is 44.9 Å². The first kappa shape index (κ1) is 33.3. The molecule has 0 saturated heterocycles. The Labute approximate surface area is 276 Å². The van der Waals surface area contributed by atoms with Crippen molar-refractivity contribution in [2.75, 3.05) is 6.61 Å². The van der Waals surface area contributed by atoms with E-state index in [1.54, 1.807) is 25.1 Å². The molecule has 0 heterocycles. The highest BCUT2D eigenvalue weighted by atomic mass is 16.5. The lowest BCUT2D eigenvalue weighted by Crippen LogP contribution is -2.67. The maximum atomic E-state index is 13.4. The molecule has 10 atom stereocenters. The lowest BCUT2D eigenvalue weighted by atomic mass is 9.32. The summed E-state index contributed by atoms with van der Waals surface area (Å²) >= 11 is 0. The van der Waals surface area contributed by atoms with Gasteiger partial charge in [-0.1, -0.05) is 58.9 Å². The summed E-state index contributed by atoms with van der Waals surface area (Å²) in [4.78, 5) is 37.2. The van der Waals surface area contributed by atoms with Crippen molar-refractivity contribution in [3.05, 3.63) is 47.5 Å². The Bertz CT molecular complexity index is 1430. The second-order valence-corrected chi connectivity index (χ2v) is 17.4. The molecule has 0 radical (unpaired) electrons. The molecule has 1 N–H and O–H groups in total. The van der Waals surface area contributed by atoms with Crippen LogP contribution in [0.2, 0.25) is 0 Å². The van der Waals surface area contributed by atoms with Crippen molar-refractivity contribution in [1.82, 2.24) is 0 Å². The van der Waals surface area contributed by atoms with Crippen LogP contribution in [0.4, 0.5) is 0 Å². The number of ether oxygens (including phenoxy) is 2. The normalized spacial score (nSPS) is 42.4. The van der Waals surface area contributed by atoms with E-state index in [2.05, 4.69) is 48.1 Å². The monoisotopic (exact) mass is 632 g/mol. The van der Waals surface area contributed by atoms with E-state index in [1.807, 2.05) is 0 Å². The quantitative estimate of drug-likeness (QED) is 0.249. The lowest BCUT2D eigenvalue weighted by molar-refractivity contribution is -0.249. The predicted molar refractivity (Wildman–Crippen MR) is 178 cm³/mol. The molecule has 5 aliphatic rings. The summed E-state index contributed by atoms with van der Waals surface area (Å²) < 4.78 is 12.0. The van der Waals surface area contributed by atoms with Gasteiger partial charge in [-0.25, -0.2) is 9.59 Å². The molecule has 0 bridgehead atoms. The zero-order valence-corrected chi connectivity index (χ0v) is 29.2. The highest BCUT2D eigenvalue weighted by Gasteiger charge is 2.71. The van der Waals surface area contributed by atoms with Crippen molar-refractivity contribution in [2.45, 2.75) is 119 Å². The summed E-state index contributed by atoms with van der Waals surface area (Å²) in [6, 6.07) is 6.37. The maximum Gasteiger partial charge on any atom is 0.339 e. The van der Waals surface area contributed by atoms with Gasteiger partial charge in [-0.2, -0.15) is 0 Å². The van der Waals surface area contributed by atoms with Gasteiger partial charge in [-0.3, -0.25) is 4.79 Å². The van der Waals surface area contributed by atoms with Crippen LogP contribution in [0.5, 0.6) is 0 Å². The third-order valence-electron chi connectivity index (χ3n) is 15.4. The zero-order chi connectivity index (χ0) is 33.4. The molecule has 0 aliphatic heterocycles. The van der Waals surface area contributed by atoms with E-state index in [0.29, 0.717) is 36.2 Å². The number of carboxylic acids is 1. The van der Waals surface area contributed by atoms with Crippen LogP contribution in [0.15, 0.2) is 36.4 Å². The molecule has 46 heavy (non-hydrogen) atoms. The van der Waals surface area contributed by atoms with Gasteiger partial charge in [0.2, 0.25) is 0 Å². The van der Waals surface area contributed by atoms with Crippen LogP contribution in [0.3, 0.4) is 0 Å². The van der Waals surface area contributed by atoms with Crippen molar-refractivity contribution in [3.63, 3.8) is 0 Å². The molecule has 6 heteroatoms. The van der Waals surface area contributed by atoms with Crippen molar-refractivity contribution < 1.29 is 29.0 Å². The number of fused-ring (bicyclic) bond motifs is 7. The molecule has 6 rings (SSSR count). The lowest BCUT2D eigenvalue weighted by Gasteiger charge is -2.73. The Morgan fingerprint density at radius 3 is 2.17 bits per heavy atom. The molecule has 5 saturated carbocycles. The molecule has 1 aromatic carbocycles. The number of hydrogen-bond donors (Lipinski definition) is 1. The first-order valence-electron chi connectivity index (χ1n) is 17.8. The molecule has 6 nitrogen and oxygen atoms in total. The molecule has 5 fully saturated rings. The van der Waals surface area contributed by atoms with Crippen LogP contribution >= 0.6 is 0 Å². The van der Waals surface area contributed by atoms with Crippen molar-refractivity contribution in [1.29, 1.82) is 0 Å². The molecule has 5 aliphatic carbocycles. The van der Waals surface area contributed by atoms with Crippen LogP contribution in [0, 0.1) is 56.7 Å². The molecule has 0 unspecified atom stereocenters. The summed E-state index contributed by atoms with van der Waals surface area (Å²) in [5, 5.41) is 9.67. The van der Waals surface area contributed by atoms with Crippen molar-refractivity contribution in [2.24, 2.45) is 56.7 Å². The molecule has 0 aromatic heterocycles. The molecule has 0 amide bonds. The number of allylic oxidation sites excluding steroid dienone is 1. The Morgan fingerprint density at radius 2 is 1.52 bits per heavy atom. The van der Waals surface area contributed by atoms with E-state index < -0.39 is 11.9 Å². The first-order valence-corrected chi connectivity index (χ1v) is 17.8. The Hall–Kier alpha value is -2.63. The second kappa shape index (κ2) is 11.2. The number of hydrogen-bond acceptors (Lipinski definition) is 5. The van der Waals surface area contributed by atoms with Gasteiger partial charge in [0, 0.05) is 17.8 Å². The summed E-state index contributed by atoms with van der Waals surface area (Å²) in [7, 11) is 0. The first-order chi connectivity index (χ1) is 21.5. The molecule has 1 aromatic rings. The Kier molecular flexibility index (Phi) is 8.12. The highest BCUT2D eigenvalue weighted by Crippen LogP contribution is 2.77. The van der Waals surface area contributed by atoms with Gasteiger partial charge in [0.05, 0.1) is 17.7 Å². The zero-order valence-electron chi connectivity index (χ0n) is 29.2. The van der Waals surface area contributed by atoms with Crippen LogP contribution in [-0.2, 0) is 14.3 Å². The van der Waals surface area contributed by atoms with Gasteiger partial charge in [0.15, 0.2) is 0 Å². The van der Waals surface area contributed by atoms with Crippen molar-refractivity contribution in [3.8, 4) is 0 Å². The highest BCUT2D eigenvalue weighted by molar-refractivity contribution is 6.02. The largest absolute Gasteiger partial charge is 0.478 e. The van der Waals surface area contributed by atoms with Gasteiger partial charge < -0.3 is 14.6 Å². The number of rotatable bonds is 6. The molecular weight excluding hydrogens is 576 g/mol. The number of benzene rings is 1. The number of aromatic carboxylic acids is 1. The third-order valence-corrected chi connectivity index (χ3v) is 15.4. The van der Waals surface area contributed by atoms with Gasteiger partial charge in [-0.05, 0) is 129 Å². The fourth-order valence-electron chi connectivity index (χ4n) is 13.0. The minimum Gasteiger partial charge on any atom is -0.478 e. The summed E-state index contributed by atoms with van der Waals surface area (Å²) in [5.41, 5.74) is 1.75. The average Bonchev–Trinajstić information content (AvgIpc) is 3.38. The van der Waals surface area contributed by atoms with Gasteiger partial charge in [0.1, 0.15) is 6.10 Å². The van der Waals surface area contributed by atoms with Gasteiger partial charge in [0.25, 0.3) is 0 Å². The minimum absolute atomic E-state index is 0.00935. The van der Waals surface area contributed by atoms with E-state index >= 15 is 0 Å². The summed E-state index contributed by atoms with van der Waals surface area (Å²) in [6.07, 6.45) is 10.8. The fourth-order valence-corrected chi connectivity index (χ4v) is 13.0. The van der Waals surface area contributed by atoms with Crippen LogP contribution < -0.4 is 0 Å². The van der Waals surface area contributed by atoms with E-state index in [-0.39, 0.29) is 50.3 Å².